The third-order valence-electron chi connectivity index (χ3n) is 5.49. The maximum absolute atomic E-state index is 13.5. The van der Waals surface area contributed by atoms with E-state index in [0.29, 0.717) is 12.4 Å². The summed E-state index contributed by atoms with van der Waals surface area (Å²) in [6.45, 7) is 8.17. The zero-order chi connectivity index (χ0) is 24.7. The van der Waals surface area contributed by atoms with Crippen LogP contribution >= 0.6 is 0 Å². The lowest BCUT2D eigenvalue weighted by Crippen LogP contribution is -2.37. The Hall–Kier alpha value is -3.16. The van der Waals surface area contributed by atoms with E-state index in [2.05, 4.69) is 19.2 Å². The van der Waals surface area contributed by atoms with Crippen molar-refractivity contribution in [3.05, 3.63) is 89.5 Å². The molecule has 0 spiro atoms. The summed E-state index contributed by atoms with van der Waals surface area (Å²) in [5, 5.41) is 2.96. The monoisotopic (exact) mass is 480 g/mol. The molecule has 0 unspecified atom stereocenters. The van der Waals surface area contributed by atoms with E-state index in [1.807, 2.05) is 62.4 Å². The van der Waals surface area contributed by atoms with Crippen LogP contribution in [0.1, 0.15) is 43.4 Å². The molecule has 0 bridgehead atoms. The Bertz CT molecular complexity index is 1210. The first-order chi connectivity index (χ1) is 16.2. The number of carbonyl (C=O) groups is 1. The maximum Gasteiger partial charge on any atom is 0.243 e. The molecule has 0 saturated heterocycles. The second-order valence-electron chi connectivity index (χ2n) is 8.41. The van der Waals surface area contributed by atoms with Crippen molar-refractivity contribution in [3.63, 3.8) is 0 Å². The summed E-state index contributed by atoms with van der Waals surface area (Å²) in [4.78, 5) is 13.2. The first-order valence-corrected chi connectivity index (χ1v) is 12.8. The van der Waals surface area contributed by atoms with Crippen LogP contribution in [0, 0.1) is 6.92 Å². The topological polar surface area (TPSA) is 75.7 Å². The average molecular weight is 481 g/mol. The van der Waals surface area contributed by atoms with Gasteiger partial charge in [-0.2, -0.15) is 4.31 Å². The lowest BCUT2D eigenvalue weighted by molar-refractivity contribution is -0.116. The summed E-state index contributed by atoms with van der Waals surface area (Å²) < 4.78 is 33.7. The van der Waals surface area contributed by atoms with Gasteiger partial charge in [0.2, 0.25) is 15.9 Å². The van der Waals surface area contributed by atoms with Crippen molar-refractivity contribution in [3.8, 4) is 5.75 Å². The van der Waals surface area contributed by atoms with Crippen LogP contribution in [0.5, 0.6) is 5.75 Å². The predicted octanol–water partition coefficient (Wildman–Crippen LogP) is 5.35. The van der Waals surface area contributed by atoms with Crippen LogP contribution in [0.25, 0.3) is 0 Å². The van der Waals surface area contributed by atoms with Crippen LogP contribution in [0.4, 0.5) is 5.69 Å². The fourth-order valence-electron chi connectivity index (χ4n) is 3.72. The van der Waals surface area contributed by atoms with Crippen LogP contribution in [0.2, 0.25) is 0 Å². The molecular formula is C27H32N2O4S. The van der Waals surface area contributed by atoms with Crippen LogP contribution in [-0.4, -0.2) is 31.8 Å². The van der Waals surface area contributed by atoms with Crippen molar-refractivity contribution < 1.29 is 17.9 Å². The second-order valence-corrected chi connectivity index (χ2v) is 10.3. The summed E-state index contributed by atoms with van der Waals surface area (Å²) in [5.41, 5.74) is 3.48. The van der Waals surface area contributed by atoms with Crippen molar-refractivity contribution in [2.24, 2.45) is 0 Å². The molecule has 3 aromatic rings. The molecule has 1 amide bonds. The molecule has 0 aliphatic heterocycles. The number of hydrogen-bond donors (Lipinski definition) is 1. The van der Waals surface area contributed by atoms with E-state index in [0.717, 1.165) is 22.4 Å². The average Bonchev–Trinajstić information content (AvgIpc) is 2.81. The van der Waals surface area contributed by atoms with Crippen LogP contribution in [0.3, 0.4) is 0 Å². The normalized spacial score (nSPS) is 11.6. The number of anilines is 1. The number of amides is 1. The van der Waals surface area contributed by atoms with E-state index in [1.165, 1.54) is 16.4 Å². The minimum absolute atomic E-state index is 0.0780. The van der Waals surface area contributed by atoms with Crippen molar-refractivity contribution in [2.75, 3.05) is 18.5 Å². The zero-order valence-corrected chi connectivity index (χ0v) is 20.9. The molecule has 6 nitrogen and oxygen atoms in total. The third-order valence-corrected chi connectivity index (χ3v) is 7.29. The Morgan fingerprint density at radius 1 is 0.971 bits per heavy atom. The number of ether oxygens (including phenoxy) is 1. The van der Waals surface area contributed by atoms with Gasteiger partial charge in [0, 0.05) is 12.2 Å². The Kier molecular flexibility index (Phi) is 8.47. The number of sulfonamides is 1. The maximum atomic E-state index is 13.5. The summed E-state index contributed by atoms with van der Waals surface area (Å²) in [6, 6.07) is 21.4. The van der Waals surface area contributed by atoms with Gasteiger partial charge in [-0.05, 0) is 60.7 Å². The van der Waals surface area contributed by atoms with Gasteiger partial charge in [0.15, 0.2) is 0 Å². The molecule has 0 aliphatic rings. The third kappa shape index (κ3) is 6.24. The largest absolute Gasteiger partial charge is 0.494 e. The lowest BCUT2D eigenvalue weighted by atomic mass is 9.98. The molecule has 7 heteroatoms. The summed E-state index contributed by atoms with van der Waals surface area (Å²) >= 11 is 0. The van der Waals surface area contributed by atoms with Gasteiger partial charge in [-0.1, -0.05) is 62.4 Å². The van der Waals surface area contributed by atoms with E-state index in [9.17, 15) is 13.2 Å². The number of aryl methyl sites for hydroxylation is 1. The number of nitrogens with one attached hydrogen (secondary N) is 1. The Balaban J connectivity index is 1.90. The van der Waals surface area contributed by atoms with Gasteiger partial charge >= 0.3 is 0 Å². The van der Waals surface area contributed by atoms with Gasteiger partial charge in [0.25, 0.3) is 0 Å². The standard InChI is InChI=1S/C27H32N2O4S/c1-5-33-23-14-16-24(17-15-23)34(31,32)29(18-22-11-7-6-8-12-22)19-26(30)28-27-21(4)10-9-13-25(27)20(2)3/h6-17,20H,5,18-19H2,1-4H3,(H,28,30). The van der Waals surface area contributed by atoms with E-state index in [1.54, 1.807) is 12.1 Å². The van der Waals surface area contributed by atoms with E-state index in [4.69, 9.17) is 4.74 Å². The zero-order valence-electron chi connectivity index (χ0n) is 20.1. The van der Waals surface area contributed by atoms with E-state index < -0.39 is 10.0 Å². The van der Waals surface area contributed by atoms with Crippen molar-refractivity contribution >= 4 is 21.6 Å². The van der Waals surface area contributed by atoms with Crippen molar-refractivity contribution in [1.29, 1.82) is 0 Å². The molecule has 0 fully saturated rings. The molecule has 0 heterocycles. The van der Waals surface area contributed by atoms with Gasteiger partial charge in [0.05, 0.1) is 18.0 Å². The van der Waals surface area contributed by atoms with Crippen molar-refractivity contribution in [1.82, 2.24) is 4.31 Å². The first kappa shape index (κ1) is 25.5. The highest BCUT2D eigenvalue weighted by Crippen LogP contribution is 2.28. The highest BCUT2D eigenvalue weighted by molar-refractivity contribution is 7.89. The fraction of sp³-hybridized carbons (Fsp3) is 0.296. The summed E-state index contributed by atoms with van der Waals surface area (Å²) in [6.07, 6.45) is 0. The molecule has 0 atom stereocenters. The SMILES string of the molecule is CCOc1ccc(S(=O)(=O)N(CC(=O)Nc2c(C)cccc2C(C)C)Cc2ccccc2)cc1. The first-order valence-electron chi connectivity index (χ1n) is 11.4. The quantitative estimate of drug-likeness (QED) is 0.425. The second kappa shape index (κ2) is 11.3. The molecule has 0 aliphatic carbocycles. The highest BCUT2D eigenvalue weighted by atomic mass is 32.2. The van der Waals surface area contributed by atoms with Crippen LogP contribution in [0.15, 0.2) is 77.7 Å². The molecule has 0 aromatic heterocycles. The van der Waals surface area contributed by atoms with Crippen molar-refractivity contribution in [2.45, 2.75) is 45.1 Å². The highest BCUT2D eigenvalue weighted by Gasteiger charge is 2.27. The molecule has 3 rings (SSSR count). The summed E-state index contributed by atoms with van der Waals surface area (Å²) in [5.74, 6) is 0.416. The molecule has 180 valence electrons. The van der Waals surface area contributed by atoms with Gasteiger partial charge in [-0.3, -0.25) is 4.79 Å². The number of rotatable bonds is 10. The molecule has 1 N–H and O–H groups in total. The molecular weight excluding hydrogens is 448 g/mol. The molecule has 34 heavy (non-hydrogen) atoms. The smallest absolute Gasteiger partial charge is 0.243 e. The fourth-order valence-corrected chi connectivity index (χ4v) is 5.10. The lowest BCUT2D eigenvalue weighted by Gasteiger charge is -2.23. The number of benzene rings is 3. The number of nitrogens with zero attached hydrogens (tertiary/aromatic N) is 1. The molecule has 3 aromatic carbocycles. The minimum atomic E-state index is -3.94. The summed E-state index contributed by atoms with van der Waals surface area (Å²) in [7, 11) is -3.94. The number of para-hydroxylation sites is 1. The Morgan fingerprint density at radius 2 is 1.65 bits per heavy atom. The van der Waals surface area contributed by atoms with Gasteiger partial charge in [0.1, 0.15) is 5.75 Å². The Morgan fingerprint density at radius 3 is 2.26 bits per heavy atom. The van der Waals surface area contributed by atoms with E-state index in [-0.39, 0.29) is 29.8 Å². The minimum Gasteiger partial charge on any atom is -0.494 e. The van der Waals surface area contributed by atoms with Crippen LogP contribution < -0.4 is 10.1 Å². The van der Waals surface area contributed by atoms with Crippen LogP contribution in [-0.2, 0) is 21.4 Å². The van der Waals surface area contributed by atoms with Gasteiger partial charge in [-0.15, -0.1) is 0 Å². The Labute approximate surface area is 202 Å². The molecule has 0 saturated carbocycles. The van der Waals surface area contributed by atoms with E-state index >= 15 is 0 Å². The number of hydrogen-bond acceptors (Lipinski definition) is 4. The van der Waals surface area contributed by atoms with Gasteiger partial charge in [-0.25, -0.2) is 8.42 Å². The number of carbonyl (C=O) groups excluding carboxylic acids is 1. The molecule has 0 radical (unpaired) electrons. The van der Waals surface area contributed by atoms with Gasteiger partial charge < -0.3 is 10.1 Å². The predicted molar refractivity (Wildman–Crippen MR) is 136 cm³/mol.